The van der Waals surface area contributed by atoms with E-state index in [0.29, 0.717) is 47.2 Å². The first-order chi connectivity index (χ1) is 18.3. The number of rotatable bonds is 5. The van der Waals surface area contributed by atoms with Gasteiger partial charge in [-0.25, -0.2) is 13.8 Å². The van der Waals surface area contributed by atoms with E-state index in [-0.39, 0.29) is 11.9 Å². The second kappa shape index (κ2) is 9.28. The van der Waals surface area contributed by atoms with Crippen LogP contribution in [0.25, 0.3) is 11.2 Å². The summed E-state index contributed by atoms with van der Waals surface area (Å²) in [6, 6.07) is 8.53. The van der Waals surface area contributed by atoms with Crippen molar-refractivity contribution in [2.24, 2.45) is 0 Å². The van der Waals surface area contributed by atoms with Crippen molar-refractivity contribution in [2.45, 2.75) is 45.7 Å². The fourth-order valence-electron chi connectivity index (χ4n) is 5.35. The van der Waals surface area contributed by atoms with Gasteiger partial charge in [0.2, 0.25) is 5.82 Å². The standard InChI is InChI=1S/C27H25ClF2N6O2/c1-14(2)35-22-20(31-25(35)17-8-10-38-11-9-17)27(37)36(21(22)16-4-6-18(28)7-5-16)19-12-15(3)24-32-33-26(23(29)30)34(24)13-19/h4-8,12-14,21,23H,9-11H2,1-3H3. The predicted octanol–water partition coefficient (Wildman–Crippen LogP) is 5.96. The maximum absolute atomic E-state index is 14.1. The summed E-state index contributed by atoms with van der Waals surface area (Å²) in [6.07, 6.45) is 1.39. The number of pyridine rings is 1. The average Bonchev–Trinajstić information content (AvgIpc) is 3.57. The topological polar surface area (TPSA) is 77.6 Å². The number of nitrogens with zero attached hydrogens (tertiary/aromatic N) is 6. The van der Waals surface area contributed by atoms with Gasteiger partial charge in [-0.05, 0) is 62.1 Å². The summed E-state index contributed by atoms with van der Waals surface area (Å²) in [7, 11) is 0. The first kappa shape index (κ1) is 24.7. The molecule has 6 rings (SSSR count). The number of fused-ring (bicyclic) bond motifs is 2. The van der Waals surface area contributed by atoms with Crippen molar-refractivity contribution in [1.29, 1.82) is 0 Å². The van der Waals surface area contributed by atoms with E-state index in [4.69, 9.17) is 21.3 Å². The second-order valence-corrected chi connectivity index (χ2v) is 10.2. The molecule has 0 saturated carbocycles. The van der Waals surface area contributed by atoms with Crippen molar-refractivity contribution in [3.63, 3.8) is 0 Å². The van der Waals surface area contributed by atoms with Crippen LogP contribution in [0.4, 0.5) is 14.5 Å². The molecule has 0 N–H and O–H groups in total. The molecule has 5 heterocycles. The third-order valence-electron chi connectivity index (χ3n) is 7.01. The zero-order valence-electron chi connectivity index (χ0n) is 21.0. The third kappa shape index (κ3) is 3.82. The fourth-order valence-corrected chi connectivity index (χ4v) is 5.48. The number of benzene rings is 1. The molecule has 1 atom stereocenters. The molecule has 196 valence electrons. The lowest BCUT2D eigenvalue weighted by atomic mass is 10.0. The number of aryl methyl sites for hydroxylation is 1. The monoisotopic (exact) mass is 538 g/mol. The van der Waals surface area contributed by atoms with Crippen LogP contribution < -0.4 is 4.90 Å². The molecule has 1 aromatic carbocycles. The van der Waals surface area contributed by atoms with Crippen LogP contribution in [0.5, 0.6) is 0 Å². The van der Waals surface area contributed by atoms with E-state index in [9.17, 15) is 13.6 Å². The Kier molecular flexibility index (Phi) is 6.03. The highest BCUT2D eigenvalue weighted by atomic mass is 35.5. The van der Waals surface area contributed by atoms with Crippen LogP contribution in [0.3, 0.4) is 0 Å². The molecular formula is C27H25ClF2N6O2. The number of anilines is 1. The van der Waals surface area contributed by atoms with Gasteiger partial charge in [0, 0.05) is 17.3 Å². The first-order valence-electron chi connectivity index (χ1n) is 12.4. The SMILES string of the molecule is Cc1cc(N2C(=O)c3nc(C4=CCOCC4)n(C(C)C)c3C2c2ccc(Cl)cc2)cn2c(C(F)F)nnc12. The number of alkyl halides is 2. The molecular weight excluding hydrogens is 514 g/mol. The number of carbonyl (C=O) groups is 1. The number of hydrogen-bond acceptors (Lipinski definition) is 5. The van der Waals surface area contributed by atoms with Gasteiger partial charge < -0.3 is 9.30 Å². The summed E-state index contributed by atoms with van der Waals surface area (Å²) in [5, 5.41) is 8.16. The Morgan fingerprint density at radius 2 is 1.92 bits per heavy atom. The van der Waals surface area contributed by atoms with Crippen LogP contribution >= 0.6 is 11.6 Å². The lowest BCUT2D eigenvalue weighted by molar-refractivity contribution is 0.0989. The molecule has 0 saturated heterocycles. The fraction of sp³-hybridized carbons (Fsp3) is 0.333. The maximum atomic E-state index is 14.1. The van der Waals surface area contributed by atoms with E-state index in [1.807, 2.05) is 18.2 Å². The molecule has 0 bridgehead atoms. The van der Waals surface area contributed by atoms with Crippen LogP contribution in [0.15, 0.2) is 42.6 Å². The summed E-state index contributed by atoms with van der Waals surface area (Å²) in [5.74, 6) is -0.0277. The van der Waals surface area contributed by atoms with E-state index in [0.717, 1.165) is 22.7 Å². The highest BCUT2D eigenvalue weighted by Crippen LogP contribution is 2.45. The molecule has 0 radical (unpaired) electrons. The summed E-state index contributed by atoms with van der Waals surface area (Å²) in [6.45, 7) is 6.96. The first-order valence-corrected chi connectivity index (χ1v) is 12.8. The van der Waals surface area contributed by atoms with E-state index in [2.05, 4.69) is 28.6 Å². The highest BCUT2D eigenvalue weighted by molar-refractivity contribution is 6.30. The lowest BCUT2D eigenvalue weighted by Gasteiger charge is -2.29. The van der Waals surface area contributed by atoms with Gasteiger partial charge in [0.05, 0.1) is 24.6 Å². The molecule has 1 amide bonds. The second-order valence-electron chi connectivity index (χ2n) is 9.75. The Bertz CT molecular complexity index is 1590. The zero-order valence-corrected chi connectivity index (χ0v) is 21.8. The van der Waals surface area contributed by atoms with Gasteiger partial charge >= 0.3 is 0 Å². The van der Waals surface area contributed by atoms with Crippen LogP contribution in [-0.2, 0) is 4.74 Å². The minimum atomic E-state index is -2.82. The number of aromatic nitrogens is 5. The number of carbonyl (C=O) groups excluding carboxylic acids is 1. The van der Waals surface area contributed by atoms with E-state index >= 15 is 0 Å². The number of hydrogen-bond donors (Lipinski definition) is 0. The van der Waals surface area contributed by atoms with Gasteiger partial charge in [-0.15, -0.1) is 10.2 Å². The summed E-state index contributed by atoms with van der Waals surface area (Å²) in [5.41, 5.74) is 4.34. The molecule has 38 heavy (non-hydrogen) atoms. The molecule has 2 aliphatic heterocycles. The van der Waals surface area contributed by atoms with Gasteiger partial charge in [0.15, 0.2) is 11.3 Å². The zero-order chi connectivity index (χ0) is 26.7. The molecule has 1 unspecified atom stereocenters. The van der Waals surface area contributed by atoms with Gasteiger partial charge in [-0.3, -0.25) is 14.1 Å². The minimum absolute atomic E-state index is 0.0000429. The van der Waals surface area contributed by atoms with Crippen molar-refractivity contribution in [2.75, 3.05) is 18.1 Å². The molecule has 0 fully saturated rings. The largest absolute Gasteiger partial charge is 0.377 e. The summed E-state index contributed by atoms with van der Waals surface area (Å²) in [4.78, 5) is 20.6. The minimum Gasteiger partial charge on any atom is -0.377 e. The lowest BCUT2D eigenvalue weighted by Crippen LogP contribution is -2.31. The van der Waals surface area contributed by atoms with Crippen LogP contribution in [-0.4, -0.2) is 43.3 Å². The van der Waals surface area contributed by atoms with Crippen LogP contribution in [0.2, 0.25) is 5.02 Å². The number of halogens is 3. The molecule has 0 spiro atoms. The Morgan fingerprint density at radius 3 is 2.58 bits per heavy atom. The highest BCUT2D eigenvalue weighted by Gasteiger charge is 2.45. The Hall–Kier alpha value is -3.63. The quantitative estimate of drug-likeness (QED) is 0.313. The molecule has 2 aliphatic rings. The van der Waals surface area contributed by atoms with Gasteiger partial charge in [-0.2, -0.15) is 0 Å². The normalized spacial score (nSPS) is 17.7. The Balaban J connectivity index is 1.59. The van der Waals surface area contributed by atoms with Gasteiger partial charge in [0.25, 0.3) is 12.3 Å². The molecule has 0 aliphatic carbocycles. The number of imidazole rings is 1. The molecule has 4 aromatic rings. The van der Waals surface area contributed by atoms with Crippen molar-refractivity contribution in [1.82, 2.24) is 24.1 Å². The van der Waals surface area contributed by atoms with Crippen LogP contribution in [0.1, 0.15) is 77.7 Å². The average molecular weight is 539 g/mol. The van der Waals surface area contributed by atoms with Gasteiger partial charge in [0.1, 0.15) is 11.9 Å². The maximum Gasteiger partial charge on any atom is 0.297 e. The Labute approximate surface area is 222 Å². The van der Waals surface area contributed by atoms with Crippen molar-refractivity contribution in [3.05, 3.63) is 81.8 Å². The molecule has 11 heteroatoms. The van der Waals surface area contributed by atoms with Gasteiger partial charge in [-0.1, -0.05) is 29.8 Å². The summed E-state index contributed by atoms with van der Waals surface area (Å²) >= 11 is 6.20. The summed E-state index contributed by atoms with van der Waals surface area (Å²) < 4.78 is 36.3. The van der Waals surface area contributed by atoms with Crippen molar-refractivity contribution >= 4 is 34.4 Å². The number of amides is 1. The van der Waals surface area contributed by atoms with Crippen molar-refractivity contribution in [3.8, 4) is 0 Å². The predicted molar refractivity (Wildman–Crippen MR) is 139 cm³/mol. The Morgan fingerprint density at radius 1 is 1.16 bits per heavy atom. The van der Waals surface area contributed by atoms with Crippen LogP contribution in [0, 0.1) is 6.92 Å². The van der Waals surface area contributed by atoms with E-state index in [1.165, 1.54) is 10.6 Å². The smallest absolute Gasteiger partial charge is 0.297 e. The molecule has 3 aromatic heterocycles. The number of ether oxygens (including phenoxy) is 1. The van der Waals surface area contributed by atoms with Crippen molar-refractivity contribution < 1.29 is 18.3 Å². The van der Waals surface area contributed by atoms with E-state index < -0.39 is 18.3 Å². The van der Waals surface area contributed by atoms with E-state index in [1.54, 1.807) is 30.0 Å². The third-order valence-corrected chi connectivity index (χ3v) is 7.27. The molecule has 8 nitrogen and oxygen atoms in total.